The highest BCUT2D eigenvalue weighted by Gasteiger charge is 2.39. The van der Waals surface area contributed by atoms with E-state index in [2.05, 4.69) is 42.2 Å². The molecule has 0 amide bonds. The number of hydrogen-bond donors (Lipinski definition) is 2. The first-order valence-corrected chi connectivity index (χ1v) is 13.7. The van der Waals surface area contributed by atoms with E-state index in [9.17, 15) is 15.0 Å². The van der Waals surface area contributed by atoms with Gasteiger partial charge in [0, 0.05) is 17.0 Å². The van der Waals surface area contributed by atoms with Gasteiger partial charge in [-0.3, -0.25) is 0 Å². The first-order chi connectivity index (χ1) is 17.8. The van der Waals surface area contributed by atoms with Crippen molar-refractivity contribution in [3.63, 3.8) is 0 Å². The molecular formula is C29H30N2O5S. The normalized spacial score (nSPS) is 22.0. The predicted octanol–water partition coefficient (Wildman–Crippen LogP) is 6.49. The fraction of sp³-hybridized carbons (Fsp3) is 0.414. The fourth-order valence-electron chi connectivity index (χ4n) is 5.42. The minimum atomic E-state index is -1.02. The fourth-order valence-corrected chi connectivity index (χ4v) is 6.57. The van der Waals surface area contributed by atoms with Gasteiger partial charge < -0.3 is 19.5 Å². The Labute approximate surface area is 219 Å². The van der Waals surface area contributed by atoms with Crippen molar-refractivity contribution < 1.29 is 24.3 Å². The molecule has 7 nitrogen and oxygen atoms in total. The van der Waals surface area contributed by atoms with Crippen molar-refractivity contribution in [3.8, 4) is 11.3 Å². The molecule has 2 aromatic carbocycles. The summed E-state index contributed by atoms with van der Waals surface area (Å²) in [6, 6.07) is 11.2. The summed E-state index contributed by atoms with van der Waals surface area (Å²) in [7, 11) is 0. The van der Waals surface area contributed by atoms with Gasteiger partial charge in [0.25, 0.3) is 0 Å². The summed E-state index contributed by atoms with van der Waals surface area (Å²) in [6.07, 6.45) is 4.81. The smallest absolute Gasteiger partial charge is 0.335 e. The summed E-state index contributed by atoms with van der Waals surface area (Å²) in [4.78, 5) is 15.9. The third-order valence-corrected chi connectivity index (χ3v) is 8.95. The molecule has 2 saturated carbocycles. The number of thiazole rings is 1. The standard InChI is InChI=1S/C29H30N2O5S/c1-16-4-3-5-17(2)24(16)25-21(26(36-31-25)18-6-7-18)15-35-20-10-12-29(34,13-11-20)28-30-22-9-8-19(27(32)33)14-23(22)37-28/h3-5,8-9,14,18,20,34H,6-7,10-13,15H2,1-2H3,(H,32,33)/t20-,29+. The Balaban J connectivity index is 1.17. The number of hydrogen-bond acceptors (Lipinski definition) is 7. The van der Waals surface area contributed by atoms with E-state index in [0.717, 1.165) is 58.5 Å². The van der Waals surface area contributed by atoms with Crippen LogP contribution in [0.15, 0.2) is 40.9 Å². The van der Waals surface area contributed by atoms with E-state index in [4.69, 9.17) is 9.26 Å². The number of aromatic carboxylic acids is 1. The molecule has 2 aliphatic rings. The lowest BCUT2D eigenvalue weighted by molar-refractivity contribution is -0.0640. The average Bonchev–Trinajstić information content (AvgIpc) is 3.49. The van der Waals surface area contributed by atoms with Crippen molar-refractivity contribution in [2.45, 2.75) is 76.6 Å². The third kappa shape index (κ3) is 4.58. The molecule has 0 unspecified atom stereocenters. The van der Waals surface area contributed by atoms with E-state index in [-0.39, 0.29) is 11.7 Å². The van der Waals surface area contributed by atoms with Gasteiger partial charge in [-0.1, -0.05) is 23.4 Å². The van der Waals surface area contributed by atoms with E-state index in [1.165, 1.54) is 22.5 Å². The Kier molecular flexibility index (Phi) is 6.13. The lowest BCUT2D eigenvalue weighted by atomic mass is 9.83. The van der Waals surface area contributed by atoms with Crippen LogP contribution >= 0.6 is 11.3 Å². The second-order valence-electron chi connectivity index (χ2n) is 10.5. The van der Waals surface area contributed by atoms with Crippen molar-refractivity contribution >= 4 is 27.5 Å². The number of benzene rings is 2. The molecule has 6 rings (SSSR count). The maximum atomic E-state index is 11.4. The molecule has 2 fully saturated rings. The van der Waals surface area contributed by atoms with Gasteiger partial charge in [-0.05, 0) is 81.7 Å². The van der Waals surface area contributed by atoms with Gasteiger partial charge in [0.2, 0.25) is 0 Å². The Bertz CT molecular complexity index is 1460. The van der Waals surface area contributed by atoms with Crippen molar-refractivity contribution in [2.75, 3.05) is 0 Å². The van der Waals surface area contributed by atoms with Gasteiger partial charge in [-0.25, -0.2) is 9.78 Å². The highest BCUT2D eigenvalue weighted by atomic mass is 32.1. The Morgan fingerprint density at radius 3 is 2.54 bits per heavy atom. The molecule has 0 atom stereocenters. The van der Waals surface area contributed by atoms with E-state index in [0.29, 0.717) is 30.4 Å². The topological polar surface area (TPSA) is 106 Å². The van der Waals surface area contributed by atoms with Crippen molar-refractivity contribution in [3.05, 3.63) is 69.4 Å². The zero-order valence-corrected chi connectivity index (χ0v) is 21.8. The summed E-state index contributed by atoms with van der Waals surface area (Å²) in [6.45, 7) is 4.65. The molecule has 0 saturated heterocycles. The van der Waals surface area contributed by atoms with Crippen molar-refractivity contribution in [1.82, 2.24) is 10.1 Å². The van der Waals surface area contributed by atoms with Crippen LogP contribution in [0.4, 0.5) is 0 Å². The first-order valence-electron chi connectivity index (χ1n) is 12.9. The zero-order chi connectivity index (χ0) is 25.7. The van der Waals surface area contributed by atoms with E-state index >= 15 is 0 Å². The monoisotopic (exact) mass is 518 g/mol. The predicted molar refractivity (Wildman–Crippen MR) is 141 cm³/mol. The molecular weight excluding hydrogens is 488 g/mol. The minimum Gasteiger partial charge on any atom is -0.478 e. The summed E-state index contributed by atoms with van der Waals surface area (Å²) < 4.78 is 13.1. The Morgan fingerprint density at radius 1 is 1.14 bits per heavy atom. The second-order valence-corrected chi connectivity index (χ2v) is 11.5. The molecule has 37 heavy (non-hydrogen) atoms. The van der Waals surface area contributed by atoms with E-state index in [1.54, 1.807) is 18.2 Å². The van der Waals surface area contributed by atoms with E-state index < -0.39 is 11.6 Å². The highest BCUT2D eigenvalue weighted by Crippen LogP contribution is 2.46. The van der Waals surface area contributed by atoms with Crippen LogP contribution in [0.5, 0.6) is 0 Å². The largest absolute Gasteiger partial charge is 0.478 e. The Hall–Kier alpha value is -3.07. The number of carboxylic acid groups (broad SMARTS) is 1. The molecule has 0 aliphatic heterocycles. The zero-order valence-electron chi connectivity index (χ0n) is 21.0. The van der Waals surface area contributed by atoms with Crippen LogP contribution in [0, 0.1) is 13.8 Å². The number of ether oxygens (including phenoxy) is 1. The van der Waals surface area contributed by atoms with Crippen LogP contribution in [-0.4, -0.2) is 32.4 Å². The summed E-state index contributed by atoms with van der Waals surface area (Å²) in [5, 5.41) is 25.8. The maximum absolute atomic E-state index is 11.4. The number of carbonyl (C=O) groups is 1. The SMILES string of the molecule is Cc1cccc(C)c1-c1noc(C2CC2)c1CO[C@H]1CC[C@](O)(c2nc3ccc(C(=O)O)cc3s2)CC1. The average molecular weight is 519 g/mol. The molecule has 4 aromatic rings. The minimum absolute atomic E-state index is 0.0287. The van der Waals surface area contributed by atoms with Gasteiger partial charge >= 0.3 is 5.97 Å². The van der Waals surface area contributed by atoms with Crippen molar-refractivity contribution in [1.29, 1.82) is 0 Å². The number of fused-ring (bicyclic) bond motifs is 1. The number of aromatic nitrogens is 2. The van der Waals surface area contributed by atoms with Crippen molar-refractivity contribution in [2.24, 2.45) is 0 Å². The lowest BCUT2D eigenvalue weighted by Crippen LogP contribution is -2.34. The molecule has 192 valence electrons. The van der Waals surface area contributed by atoms with Gasteiger partial charge in [0.05, 0.1) is 28.5 Å². The third-order valence-electron chi connectivity index (χ3n) is 7.74. The number of nitrogens with zero attached hydrogens (tertiary/aromatic N) is 2. The number of carboxylic acids is 1. The summed E-state index contributed by atoms with van der Waals surface area (Å²) >= 11 is 1.38. The van der Waals surface area contributed by atoms with Crippen LogP contribution in [0.1, 0.15) is 82.3 Å². The first kappa shape index (κ1) is 24.3. The maximum Gasteiger partial charge on any atom is 0.335 e. The summed E-state index contributed by atoms with van der Waals surface area (Å²) in [5.74, 6) is 0.424. The van der Waals surface area contributed by atoms with Gasteiger partial charge in [-0.2, -0.15) is 0 Å². The highest BCUT2D eigenvalue weighted by molar-refractivity contribution is 7.18. The quantitative estimate of drug-likeness (QED) is 0.288. The van der Waals surface area contributed by atoms with Crippen LogP contribution < -0.4 is 0 Å². The van der Waals surface area contributed by atoms with Gasteiger partial charge in [0.1, 0.15) is 22.1 Å². The molecule has 2 N–H and O–H groups in total. The molecule has 2 aliphatic carbocycles. The molecule has 0 bridgehead atoms. The van der Waals surface area contributed by atoms with E-state index in [1.807, 2.05) is 0 Å². The number of aryl methyl sites for hydroxylation is 2. The van der Waals surface area contributed by atoms with Crippen LogP contribution in [0.3, 0.4) is 0 Å². The molecule has 8 heteroatoms. The molecule has 0 spiro atoms. The summed E-state index contributed by atoms with van der Waals surface area (Å²) in [5.41, 5.74) is 5.34. The number of aliphatic hydroxyl groups is 1. The molecule has 2 aromatic heterocycles. The van der Waals surface area contributed by atoms with Crippen LogP contribution in [0.25, 0.3) is 21.5 Å². The van der Waals surface area contributed by atoms with Gasteiger partial charge in [0.15, 0.2) is 0 Å². The van der Waals surface area contributed by atoms with Crippen LogP contribution in [0.2, 0.25) is 0 Å². The van der Waals surface area contributed by atoms with Gasteiger partial charge in [-0.15, -0.1) is 11.3 Å². The molecule has 2 heterocycles. The Morgan fingerprint density at radius 2 is 1.86 bits per heavy atom. The molecule has 0 radical (unpaired) electrons. The second kappa shape index (κ2) is 9.35. The number of rotatable bonds is 7. The lowest BCUT2D eigenvalue weighted by Gasteiger charge is -2.34. The van der Waals surface area contributed by atoms with Crippen LogP contribution in [-0.2, 0) is 16.9 Å².